The second-order valence-electron chi connectivity index (χ2n) is 5.71. The van der Waals surface area contributed by atoms with Crippen LogP contribution in [0.25, 0.3) is 0 Å². The van der Waals surface area contributed by atoms with Crippen LogP contribution in [0.4, 0.5) is 0 Å². The van der Waals surface area contributed by atoms with E-state index < -0.39 is 0 Å². The molecule has 16 heavy (non-hydrogen) atoms. The Hall–Kier alpha value is -0.570. The number of rotatable bonds is 2. The Morgan fingerprint density at radius 3 is 2.38 bits per heavy atom. The van der Waals surface area contributed by atoms with E-state index >= 15 is 0 Å². The van der Waals surface area contributed by atoms with Gasteiger partial charge >= 0.3 is 0 Å². The van der Waals surface area contributed by atoms with Crippen LogP contribution in [0.15, 0.2) is 0 Å². The first kappa shape index (κ1) is 11.9. The Balaban J connectivity index is 1.97. The fourth-order valence-corrected chi connectivity index (χ4v) is 3.37. The SMILES string of the molecule is C[C@@H](C(N)=O)N1CCC2(CCCCCC2)C1. The minimum Gasteiger partial charge on any atom is -0.368 e. The smallest absolute Gasteiger partial charge is 0.234 e. The number of primary amides is 1. The lowest BCUT2D eigenvalue weighted by Crippen LogP contribution is -2.42. The summed E-state index contributed by atoms with van der Waals surface area (Å²) in [6.07, 6.45) is 9.52. The number of hydrogen-bond donors (Lipinski definition) is 1. The fourth-order valence-electron chi connectivity index (χ4n) is 3.37. The molecule has 2 aliphatic rings. The Kier molecular flexibility index (Phi) is 3.53. The highest BCUT2D eigenvalue weighted by molar-refractivity contribution is 5.79. The van der Waals surface area contributed by atoms with Crippen LogP contribution in [0.1, 0.15) is 51.9 Å². The van der Waals surface area contributed by atoms with E-state index in [9.17, 15) is 4.79 Å². The summed E-state index contributed by atoms with van der Waals surface area (Å²) in [6.45, 7) is 4.10. The molecule has 1 heterocycles. The quantitative estimate of drug-likeness (QED) is 0.778. The van der Waals surface area contributed by atoms with E-state index in [0.29, 0.717) is 5.41 Å². The topological polar surface area (TPSA) is 46.3 Å². The van der Waals surface area contributed by atoms with Gasteiger partial charge in [0.2, 0.25) is 5.91 Å². The molecule has 2 rings (SSSR count). The Morgan fingerprint density at radius 1 is 1.19 bits per heavy atom. The summed E-state index contributed by atoms with van der Waals surface area (Å²) < 4.78 is 0. The molecule has 1 aliphatic heterocycles. The maximum absolute atomic E-state index is 11.2. The maximum Gasteiger partial charge on any atom is 0.234 e. The number of hydrogen-bond acceptors (Lipinski definition) is 2. The average Bonchev–Trinajstić information content (AvgIpc) is 2.52. The normalized spacial score (nSPS) is 27.8. The van der Waals surface area contributed by atoms with Crippen molar-refractivity contribution in [2.75, 3.05) is 13.1 Å². The second kappa shape index (κ2) is 4.74. The van der Waals surface area contributed by atoms with Gasteiger partial charge in [0.1, 0.15) is 0 Å². The van der Waals surface area contributed by atoms with Crippen molar-refractivity contribution in [3.8, 4) is 0 Å². The zero-order valence-corrected chi connectivity index (χ0v) is 10.4. The molecule has 0 radical (unpaired) electrons. The Labute approximate surface area is 98.4 Å². The molecule has 1 saturated carbocycles. The molecule has 1 aliphatic carbocycles. The van der Waals surface area contributed by atoms with Crippen molar-refractivity contribution < 1.29 is 4.79 Å². The summed E-state index contributed by atoms with van der Waals surface area (Å²) in [5.74, 6) is -0.175. The van der Waals surface area contributed by atoms with Gasteiger partial charge in [-0.3, -0.25) is 9.69 Å². The van der Waals surface area contributed by atoms with Crippen molar-refractivity contribution in [2.45, 2.75) is 57.9 Å². The number of carbonyl (C=O) groups excluding carboxylic acids is 1. The third-order valence-corrected chi connectivity index (χ3v) is 4.59. The van der Waals surface area contributed by atoms with E-state index in [1.807, 2.05) is 6.92 Å². The van der Waals surface area contributed by atoms with Gasteiger partial charge < -0.3 is 5.73 Å². The first-order valence-electron chi connectivity index (χ1n) is 6.66. The van der Waals surface area contributed by atoms with Gasteiger partial charge in [-0.05, 0) is 38.1 Å². The molecule has 0 bridgehead atoms. The zero-order chi connectivity index (χ0) is 11.6. The van der Waals surface area contributed by atoms with Crippen LogP contribution in [0.2, 0.25) is 0 Å². The minimum absolute atomic E-state index is 0.0809. The van der Waals surface area contributed by atoms with Crippen molar-refractivity contribution in [1.29, 1.82) is 0 Å². The number of nitrogens with zero attached hydrogens (tertiary/aromatic N) is 1. The van der Waals surface area contributed by atoms with Gasteiger partial charge in [-0.15, -0.1) is 0 Å². The summed E-state index contributed by atoms with van der Waals surface area (Å²) in [4.78, 5) is 13.5. The van der Waals surface area contributed by atoms with E-state index in [-0.39, 0.29) is 11.9 Å². The molecule has 92 valence electrons. The third kappa shape index (κ3) is 2.40. The lowest BCUT2D eigenvalue weighted by Gasteiger charge is -2.29. The molecule has 1 saturated heterocycles. The van der Waals surface area contributed by atoms with Crippen LogP contribution in [-0.4, -0.2) is 29.9 Å². The molecule has 0 aromatic rings. The number of carbonyl (C=O) groups is 1. The highest BCUT2D eigenvalue weighted by Crippen LogP contribution is 2.43. The van der Waals surface area contributed by atoms with E-state index in [2.05, 4.69) is 4.90 Å². The first-order valence-corrected chi connectivity index (χ1v) is 6.66. The van der Waals surface area contributed by atoms with Crippen LogP contribution in [0.5, 0.6) is 0 Å². The van der Waals surface area contributed by atoms with E-state index in [1.165, 1.54) is 44.9 Å². The van der Waals surface area contributed by atoms with Crippen LogP contribution in [0, 0.1) is 5.41 Å². The van der Waals surface area contributed by atoms with E-state index in [1.54, 1.807) is 0 Å². The molecule has 0 aromatic heterocycles. The average molecular weight is 224 g/mol. The van der Waals surface area contributed by atoms with Crippen molar-refractivity contribution in [1.82, 2.24) is 4.90 Å². The molecule has 1 atom stereocenters. The van der Waals surface area contributed by atoms with Crippen molar-refractivity contribution in [2.24, 2.45) is 11.1 Å². The molecule has 3 nitrogen and oxygen atoms in total. The van der Waals surface area contributed by atoms with Gasteiger partial charge in [0.25, 0.3) is 0 Å². The standard InChI is InChI=1S/C13H24N2O/c1-11(12(14)16)15-9-8-13(10-15)6-4-2-3-5-7-13/h11H,2-10H2,1H3,(H2,14,16)/t11-/m0/s1. The summed E-state index contributed by atoms with van der Waals surface area (Å²) in [5.41, 5.74) is 5.90. The van der Waals surface area contributed by atoms with Crippen LogP contribution in [0.3, 0.4) is 0 Å². The fraction of sp³-hybridized carbons (Fsp3) is 0.923. The predicted molar refractivity (Wildman–Crippen MR) is 65.0 cm³/mol. The van der Waals surface area contributed by atoms with Gasteiger partial charge in [-0.2, -0.15) is 0 Å². The minimum atomic E-state index is -0.175. The van der Waals surface area contributed by atoms with Crippen LogP contribution < -0.4 is 5.73 Å². The molecule has 2 N–H and O–H groups in total. The molecule has 1 amide bonds. The van der Waals surface area contributed by atoms with Crippen molar-refractivity contribution >= 4 is 5.91 Å². The molecular weight excluding hydrogens is 200 g/mol. The van der Waals surface area contributed by atoms with Crippen LogP contribution >= 0.6 is 0 Å². The van der Waals surface area contributed by atoms with Crippen molar-refractivity contribution in [3.05, 3.63) is 0 Å². The van der Waals surface area contributed by atoms with Gasteiger partial charge in [-0.1, -0.05) is 25.7 Å². The third-order valence-electron chi connectivity index (χ3n) is 4.59. The number of likely N-dealkylation sites (tertiary alicyclic amines) is 1. The van der Waals surface area contributed by atoms with Gasteiger partial charge in [0.05, 0.1) is 6.04 Å². The van der Waals surface area contributed by atoms with Gasteiger partial charge in [0, 0.05) is 6.54 Å². The highest BCUT2D eigenvalue weighted by Gasteiger charge is 2.40. The van der Waals surface area contributed by atoms with E-state index in [4.69, 9.17) is 5.73 Å². The molecule has 0 aromatic carbocycles. The molecule has 3 heteroatoms. The lowest BCUT2D eigenvalue weighted by molar-refractivity contribution is -0.122. The predicted octanol–water partition coefficient (Wildman–Crippen LogP) is 1.91. The summed E-state index contributed by atoms with van der Waals surface area (Å²) >= 11 is 0. The summed E-state index contributed by atoms with van der Waals surface area (Å²) in [7, 11) is 0. The highest BCUT2D eigenvalue weighted by atomic mass is 16.1. The van der Waals surface area contributed by atoms with Gasteiger partial charge in [0.15, 0.2) is 0 Å². The maximum atomic E-state index is 11.2. The van der Waals surface area contributed by atoms with Crippen molar-refractivity contribution in [3.63, 3.8) is 0 Å². The summed E-state index contributed by atoms with van der Waals surface area (Å²) in [5, 5.41) is 0. The lowest BCUT2D eigenvalue weighted by atomic mass is 9.80. The Bertz CT molecular complexity index is 257. The molecule has 2 fully saturated rings. The van der Waals surface area contributed by atoms with Gasteiger partial charge in [-0.25, -0.2) is 0 Å². The first-order chi connectivity index (χ1) is 7.63. The largest absolute Gasteiger partial charge is 0.368 e. The number of amides is 1. The molecular formula is C13H24N2O. The monoisotopic (exact) mass is 224 g/mol. The number of nitrogens with two attached hydrogens (primary N) is 1. The van der Waals surface area contributed by atoms with E-state index in [0.717, 1.165) is 13.1 Å². The summed E-state index contributed by atoms with van der Waals surface area (Å²) in [6, 6.07) is -0.0809. The zero-order valence-electron chi connectivity index (χ0n) is 10.4. The molecule has 0 unspecified atom stereocenters. The van der Waals surface area contributed by atoms with Crippen LogP contribution in [-0.2, 0) is 4.79 Å². The second-order valence-corrected chi connectivity index (χ2v) is 5.71. The molecule has 1 spiro atoms. The Morgan fingerprint density at radius 2 is 1.81 bits per heavy atom.